The number of aliphatic hydroxyl groups is 1. The smallest absolute Gasteiger partial charge is 0.385 e. The van der Waals surface area contributed by atoms with E-state index in [1.54, 1.807) is 19.3 Å². The molecule has 0 aliphatic carbocycles. The van der Waals surface area contributed by atoms with Crippen molar-refractivity contribution in [2.75, 3.05) is 24.6 Å². The quantitative estimate of drug-likeness (QED) is 0.511. The highest BCUT2D eigenvalue weighted by molar-refractivity contribution is 6.01. The first-order valence-corrected chi connectivity index (χ1v) is 9.62. The summed E-state index contributed by atoms with van der Waals surface area (Å²) in [7, 11) is 0. The number of pyridine rings is 1. The molecule has 0 radical (unpaired) electrons. The van der Waals surface area contributed by atoms with Gasteiger partial charge in [-0.2, -0.15) is 13.2 Å². The molecular weight excluding hydrogens is 403 g/mol. The van der Waals surface area contributed by atoms with Gasteiger partial charge in [0, 0.05) is 30.7 Å². The molecule has 1 aliphatic heterocycles. The second kappa shape index (κ2) is 7.67. The third kappa shape index (κ3) is 3.99. The van der Waals surface area contributed by atoms with Gasteiger partial charge in [0.2, 0.25) is 0 Å². The fourth-order valence-corrected chi connectivity index (χ4v) is 3.76. The van der Waals surface area contributed by atoms with Crippen LogP contribution in [0.25, 0.3) is 22.1 Å². The topological polar surface area (TPSA) is 111 Å². The largest absolute Gasteiger partial charge is 0.405 e. The van der Waals surface area contributed by atoms with Crippen LogP contribution in [-0.4, -0.2) is 62.6 Å². The summed E-state index contributed by atoms with van der Waals surface area (Å²) in [6.45, 7) is 1.34. The van der Waals surface area contributed by atoms with Crippen LogP contribution in [-0.2, 0) is 0 Å². The van der Waals surface area contributed by atoms with E-state index in [0.717, 1.165) is 10.9 Å². The molecule has 3 aromatic heterocycles. The molecule has 0 saturated carbocycles. The number of aromatic nitrogens is 4. The first-order chi connectivity index (χ1) is 14.2. The highest BCUT2D eigenvalue weighted by Gasteiger charge is 2.29. The van der Waals surface area contributed by atoms with E-state index in [2.05, 4.69) is 20.3 Å². The first kappa shape index (κ1) is 20.3. The van der Waals surface area contributed by atoms with Crippen LogP contribution in [0.3, 0.4) is 0 Å². The van der Waals surface area contributed by atoms with Crippen LogP contribution in [0.5, 0.6) is 0 Å². The van der Waals surface area contributed by atoms with Crippen LogP contribution in [0, 0.1) is 0 Å². The van der Waals surface area contributed by atoms with Crippen molar-refractivity contribution >= 4 is 28.1 Å². The van der Waals surface area contributed by atoms with Gasteiger partial charge in [0.1, 0.15) is 29.3 Å². The molecule has 9 nitrogen and oxygen atoms in total. The molecule has 12 heteroatoms. The molecule has 1 fully saturated rings. The first-order valence-electron chi connectivity index (χ1n) is 9.62. The lowest BCUT2D eigenvalue weighted by Gasteiger charge is -2.35. The maximum absolute atomic E-state index is 12.2. The summed E-state index contributed by atoms with van der Waals surface area (Å²) in [5.74, 6) is 0.481. The van der Waals surface area contributed by atoms with E-state index < -0.39 is 24.9 Å². The van der Waals surface area contributed by atoms with Crippen molar-refractivity contribution in [1.82, 2.24) is 30.3 Å². The van der Waals surface area contributed by atoms with Crippen molar-refractivity contribution in [2.24, 2.45) is 0 Å². The molecule has 4 rings (SSSR count). The molecule has 162 valence electrons. The van der Waals surface area contributed by atoms with Crippen LogP contribution in [0.4, 0.5) is 18.0 Å². The molecule has 4 N–H and O–H groups in total. The van der Waals surface area contributed by atoms with Crippen LogP contribution < -0.4 is 15.6 Å². The number of aliphatic hydroxyl groups excluding tert-OH is 1. The Kier molecular flexibility index (Phi) is 5.18. The van der Waals surface area contributed by atoms with E-state index >= 15 is 0 Å². The van der Waals surface area contributed by atoms with Crippen molar-refractivity contribution in [3.8, 4) is 0 Å². The zero-order valence-corrected chi connectivity index (χ0v) is 16.2. The number of imidazole rings is 1. The number of urea groups is 1. The molecular formula is C18H22F3N7O2. The van der Waals surface area contributed by atoms with Gasteiger partial charge < -0.3 is 25.7 Å². The number of amides is 2. The Hall–Kier alpha value is -3.02. The summed E-state index contributed by atoms with van der Waals surface area (Å²) in [6, 6.07) is 0.824. The molecule has 0 aromatic carbocycles. The number of hydrogen-bond acceptors (Lipinski definition) is 5. The van der Waals surface area contributed by atoms with Crippen LogP contribution >= 0.6 is 0 Å². The molecule has 3 aromatic rings. The third-order valence-electron chi connectivity index (χ3n) is 5.12. The standard InChI is InChI=1S/C18H22F3N7O2/c1-10(29)16-26-13-8-23-15-12(2-5-22-15)14(13)28(16)27-6-3-11(4-7-27)25-17(30)24-9-18(19,20)21/h2,5,8,10-11,29H,3-4,6-7,9H2,1H3,(H,22,23)(H2,24,25,30)/t10-/m1/s1. The van der Waals surface area contributed by atoms with E-state index in [4.69, 9.17) is 0 Å². The molecule has 1 atom stereocenters. The monoisotopic (exact) mass is 425 g/mol. The Balaban J connectivity index is 1.51. The Morgan fingerprint density at radius 1 is 1.40 bits per heavy atom. The average Bonchev–Trinajstić information content (AvgIpc) is 3.30. The number of rotatable bonds is 4. The highest BCUT2D eigenvalue weighted by atomic mass is 19.4. The molecule has 1 saturated heterocycles. The predicted octanol–water partition coefficient (Wildman–Crippen LogP) is 1.93. The maximum Gasteiger partial charge on any atom is 0.405 e. The summed E-state index contributed by atoms with van der Waals surface area (Å²) in [5.41, 5.74) is 2.19. The lowest BCUT2D eigenvalue weighted by atomic mass is 10.1. The number of hydrogen-bond donors (Lipinski definition) is 4. The molecule has 0 bridgehead atoms. The number of carbonyl (C=O) groups excluding carboxylic acids is 1. The van der Waals surface area contributed by atoms with E-state index in [0.29, 0.717) is 42.9 Å². The predicted molar refractivity (Wildman–Crippen MR) is 104 cm³/mol. The number of H-pyrrole nitrogens is 1. The Morgan fingerprint density at radius 3 is 2.80 bits per heavy atom. The van der Waals surface area contributed by atoms with Gasteiger partial charge in [-0.3, -0.25) is 0 Å². The summed E-state index contributed by atoms with van der Waals surface area (Å²) in [5, 5.41) is 17.6. The number of nitrogens with one attached hydrogen (secondary N) is 3. The summed E-state index contributed by atoms with van der Waals surface area (Å²) < 4.78 is 38.6. The van der Waals surface area contributed by atoms with Gasteiger partial charge in [0.25, 0.3) is 0 Å². The van der Waals surface area contributed by atoms with E-state index in [1.165, 1.54) is 0 Å². The van der Waals surface area contributed by atoms with Crippen LogP contribution in [0.2, 0.25) is 0 Å². The van der Waals surface area contributed by atoms with E-state index in [1.807, 2.05) is 21.1 Å². The molecule has 4 heterocycles. The zero-order valence-electron chi connectivity index (χ0n) is 16.2. The number of alkyl halides is 3. The van der Waals surface area contributed by atoms with Gasteiger partial charge in [0.05, 0.1) is 6.20 Å². The normalized spacial score (nSPS) is 16.9. The zero-order chi connectivity index (χ0) is 21.5. The van der Waals surface area contributed by atoms with Crippen molar-refractivity contribution in [2.45, 2.75) is 38.1 Å². The number of halogens is 3. The van der Waals surface area contributed by atoms with Gasteiger partial charge in [-0.05, 0) is 25.8 Å². The number of nitrogens with zero attached hydrogens (tertiary/aromatic N) is 4. The van der Waals surface area contributed by atoms with Gasteiger partial charge >= 0.3 is 12.2 Å². The average molecular weight is 425 g/mol. The Labute approximate surface area is 169 Å². The van der Waals surface area contributed by atoms with Gasteiger partial charge in [0.15, 0.2) is 5.82 Å². The minimum absolute atomic E-state index is 0.242. The van der Waals surface area contributed by atoms with Crippen molar-refractivity contribution < 1.29 is 23.1 Å². The van der Waals surface area contributed by atoms with Gasteiger partial charge in [-0.15, -0.1) is 0 Å². The molecule has 0 unspecified atom stereocenters. The lowest BCUT2D eigenvalue weighted by Crippen LogP contribution is -2.51. The third-order valence-corrected chi connectivity index (χ3v) is 5.12. The minimum Gasteiger partial charge on any atom is -0.385 e. The van der Waals surface area contributed by atoms with Crippen molar-refractivity contribution in [1.29, 1.82) is 0 Å². The van der Waals surface area contributed by atoms with Crippen LogP contribution in [0.15, 0.2) is 18.5 Å². The summed E-state index contributed by atoms with van der Waals surface area (Å²) in [6.07, 6.45) is -0.740. The van der Waals surface area contributed by atoms with Crippen LogP contribution in [0.1, 0.15) is 31.7 Å². The number of carbonyl (C=O) groups is 1. The minimum atomic E-state index is -4.45. The van der Waals surface area contributed by atoms with Gasteiger partial charge in [-0.1, -0.05) is 0 Å². The molecule has 1 aliphatic rings. The fourth-order valence-electron chi connectivity index (χ4n) is 3.76. The number of fused-ring (bicyclic) bond motifs is 3. The SMILES string of the molecule is C[C@@H](O)c1nc2cnc3[nH]ccc3c2n1N1CCC(NC(=O)NCC(F)(F)F)CC1. The highest BCUT2D eigenvalue weighted by Crippen LogP contribution is 2.28. The number of piperidine rings is 1. The molecule has 2 amide bonds. The second-order valence-electron chi connectivity index (χ2n) is 7.36. The van der Waals surface area contributed by atoms with E-state index in [-0.39, 0.29) is 6.04 Å². The van der Waals surface area contributed by atoms with Crippen molar-refractivity contribution in [3.63, 3.8) is 0 Å². The maximum atomic E-state index is 12.2. The van der Waals surface area contributed by atoms with Crippen molar-refractivity contribution in [3.05, 3.63) is 24.3 Å². The second-order valence-corrected chi connectivity index (χ2v) is 7.36. The summed E-state index contributed by atoms with van der Waals surface area (Å²) >= 11 is 0. The molecule has 0 spiro atoms. The Bertz CT molecular complexity index is 1050. The lowest BCUT2D eigenvalue weighted by molar-refractivity contribution is -0.122. The van der Waals surface area contributed by atoms with E-state index in [9.17, 15) is 23.1 Å². The summed E-state index contributed by atoms with van der Waals surface area (Å²) in [4.78, 5) is 23.7. The number of aromatic amines is 1. The Morgan fingerprint density at radius 2 is 2.13 bits per heavy atom. The van der Waals surface area contributed by atoms with Gasteiger partial charge in [-0.25, -0.2) is 19.4 Å². The fraction of sp³-hybridized carbons (Fsp3) is 0.500. The molecule has 30 heavy (non-hydrogen) atoms.